The number of anilines is 1. The highest BCUT2D eigenvalue weighted by atomic mass is 16.3. The molecule has 2 aromatic heterocycles. The number of hydrogen-bond donors (Lipinski definition) is 2. The van der Waals surface area contributed by atoms with E-state index in [1.165, 1.54) is 6.08 Å². The first kappa shape index (κ1) is 18.9. The van der Waals surface area contributed by atoms with Crippen molar-refractivity contribution in [1.82, 2.24) is 15.2 Å². The normalized spacial score (nSPS) is 13.9. The summed E-state index contributed by atoms with van der Waals surface area (Å²) >= 11 is 0. The van der Waals surface area contributed by atoms with Gasteiger partial charge in [0.1, 0.15) is 17.2 Å². The van der Waals surface area contributed by atoms with Crippen LogP contribution in [-0.2, 0) is 22.7 Å². The largest absolute Gasteiger partial charge is 0.459 e. The summed E-state index contributed by atoms with van der Waals surface area (Å²) in [6, 6.07) is 9.76. The second kappa shape index (κ2) is 7.89. The number of fused-ring (bicyclic) bond motifs is 2. The predicted molar refractivity (Wildman–Crippen MR) is 111 cm³/mol. The number of furan rings is 1. The van der Waals surface area contributed by atoms with Gasteiger partial charge >= 0.3 is 0 Å². The lowest BCUT2D eigenvalue weighted by Gasteiger charge is -2.14. The van der Waals surface area contributed by atoms with Crippen LogP contribution in [0.1, 0.15) is 22.5 Å². The lowest BCUT2D eigenvalue weighted by molar-refractivity contribution is -0.125. The number of carbonyl (C=O) groups is 2. The van der Waals surface area contributed by atoms with Gasteiger partial charge in [-0.25, -0.2) is 4.98 Å². The standard InChI is InChI=1S/C22H22N4O3/c1-14-17-5-3-4-6-18(17)29-19(14)13-26(2)21(28)8-7-15-9-16-11-23-12-20(27)25-22(16)24-10-15/h3-10,23H,11-13H2,1-2H3,(H,24,25,27)/b8-7+. The Labute approximate surface area is 168 Å². The van der Waals surface area contributed by atoms with Crippen molar-refractivity contribution in [2.75, 3.05) is 18.9 Å². The van der Waals surface area contributed by atoms with E-state index in [4.69, 9.17) is 4.42 Å². The highest BCUT2D eigenvalue weighted by Crippen LogP contribution is 2.25. The van der Waals surface area contributed by atoms with Crippen LogP contribution in [0.15, 0.2) is 47.0 Å². The van der Waals surface area contributed by atoms with Crippen LogP contribution in [0.2, 0.25) is 0 Å². The molecule has 7 heteroatoms. The summed E-state index contributed by atoms with van der Waals surface area (Å²) < 4.78 is 5.90. The number of para-hydroxylation sites is 1. The summed E-state index contributed by atoms with van der Waals surface area (Å²) in [5.74, 6) is 1.09. The zero-order chi connectivity index (χ0) is 20.4. The fourth-order valence-electron chi connectivity index (χ4n) is 3.32. The van der Waals surface area contributed by atoms with Gasteiger partial charge in [-0.2, -0.15) is 0 Å². The minimum atomic E-state index is -0.133. The van der Waals surface area contributed by atoms with Gasteiger partial charge in [0, 0.05) is 42.4 Å². The van der Waals surface area contributed by atoms with E-state index in [0.717, 1.165) is 33.4 Å². The van der Waals surface area contributed by atoms with Crippen molar-refractivity contribution in [3.63, 3.8) is 0 Å². The summed E-state index contributed by atoms with van der Waals surface area (Å²) in [4.78, 5) is 30.0. The molecule has 1 aromatic carbocycles. The number of aryl methyl sites for hydroxylation is 1. The number of nitrogens with zero attached hydrogens (tertiary/aromatic N) is 2. The zero-order valence-corrected chi connectivity index (χ0v) is 16.4. The van der Waals surface area contributed by atoms with E-state index in [2.05, 4.69) is 15.6 Å². The molecule has 0 fully saturated rings. The van der Waals surface area contributed by atoms with E-state index in [1.807, 2.05) is 37.3 Å². The van der Waals surface area contributed by atoms with Gasteiger partial charge in [-0.05, 0) is 30.7 Å². The first-order valence-electron chi connectivity index (χ1n) is 9.41. The number of amides is 2. The Balaban J connectivity index is 1.45. The number of likely N-dealkylation sites (N-methyl/N-ethyl adjacent to an activating group) is 1. The van der Waals surface area contributed by atoms with E-state index in [1.54, 1.807) is 24.2 Å². The topological polar surface area (TPSA) is 87.5 Å². The lowest BCUT2D eigenvalue weighted by atomic mass is 10.1. The molecule has 4 rings (SSSR count). The zero-order valence-electron chi connectivity index (χ0n) is 16.4. The maximum Gasteiger partial charge on any atom is 0.246 e. The Morgan fingerprint density at radius 2 is 2.14 bits per heavy atom. The molecule has 0 unspecified atom stereocenters. The van der Waals surface area contributed by atoms with Gasteiger partial charge in [0.25, 0.3) is 0 Å². The second-order valence-corrected chi connectivity index (χ2v) is 7.10. The van der Waals surface area contributed by atoms with Crippen LogP contribution < -0.4 is 10.6 Å². The van der Waals surface area contributed by atoms with E-state index in [9.17, 15) is 9.59 Å². The molecule has 7 nitrogen and oxygen atoms in total. The number of rotatable bonds is 4. The summed E-state index contributed by atoms with van der Waals surface area (Å²) in [6.45, 7) is 3.19. The number of pyridine rings is 1. The van der Waals surface area contributed by atoms with Gasteiger partial charge in [-0.3, -0.25) is 9.59 Å². The van der Waals surface area contributed by atoms with Crippen LogP contribution in [0.3, 0.4) is 0 Å². The molecule has 0 aliphatic carbocycles. The average molecular weight is 390 g/mol. The Bertz CT molecular complexity index is 1120. The van der Waals surface area contributed by atoms with Crippen LogP contribution in [0.4, 0.5) is 5.82 Å². The van der Waals surface area contributed by atoms with E-state index >= 15 is 0 Å². The van der Waals surface area contributed by atoms with E-state index in [0.29, 0.717) is 18.9 Å². The lowest BCUT2D eigenvalue weighted by Crippen LogP contribution is -2.24. The van der Waals surface area contributed by atoms with Gasteiger partial charge in [-0.15, -0.1) is 0 Å². The number of aromatic nitrogens is 1. The minimum Gasteiger partial charge on any atom is -0.459 e. The minimum absolute atomic E-state index is 0.114. The van der Waals surface area contributed by atoms with E-state index in [-0.39, 0.29) is 18.4 Å². The number of nitrogens with one attached hydrogen (secondary N) is 2. The van der Waals surface area contributed by atoms with Crippen LogP contribution in [0, 0.1) is 6.92 Å². The molecule has 1 aliphatic rings. The van der Waals surface area contributed by atoms with Gasteiger partial charge in [-0.1, -0.05) is 18.2 Å². The van der Waals surface area contributed by atoms with Crippen molar-refractivity contribution in [3.8, 4) is 0 Å². The maximum atomic E-state index is 12.5. The number of benzene rings is 1. The fourth-order valence-corrected chi connectivity index (χ4v) is 3.32. The first-order valence-corrected chi connectivity index (χ1v) is 9.41. The first-order chi connectivity index (χ1) is 14.0. The second-order valence-electron chi connectivity index (χ2n) is 7.10. The monoisotopic (exact) mass is 390 g/mol. The Kier molecular flexibility index (Phi) is 5.14. The molecule has 0 radical (unpaired) electrons. The summed E-state index contributed by atoms with van der Waals surface area (Å²) in [7, 11) is 1.74. The van der Waals surface area contributed by atoms with Gasteiger partial charge in [0.05, 0.1) is 13.1 Å². The molecule has 1 aliphatic heterocycles. The van der Waals surface area contributed by atoms with Crippen molar-refractivity contribution in [2.45, 2.75) is 20.0 Å². The molecule has 3 aromatic rings. The third-order valence-electron chi connectivity index (χ3n) is 4.96. The molecule has 0 spiro atoms. The molecular formula is C22H22N4O3. The van der Waals surface area contributed by atoms with Gasteiger partial charge < -0.3 is 20.0 Å². The van der Waals surface area contributed by atoms with Crippen molar-refractivity contribution in [1.29, 1.82) is 0 Å². The summed E-state index contributed by atoms with van der Waals surface area (Å²) in [5.41, 5.74) is 3.56. The Morgan fingerprint density at radius 1 is 1.31 bits per heavy atom. The smallest absolute Gasteiger partial charge is 0.246 e. The molecular weight excluding hydrogens is 368 g/mol. The molecule has 3 heterocycles. The highest BCUT2D eigenvalue weighted by molar-refractivity contribution is 5.93. The van der Waals surface area contributed by atoms with Crippen LogP contribution in [0.5, 0.6) is 0 Å². The van der Waals surface area contributed by atoms with Crippen LogP contribution in [0.25, 0.3) is 17.0 Å². The van der Waals surface area contributed by atoms with Crippen LogP contribution >= 0.6 is 0 Å². The fraction of sp³-hybridized carbons (Fsp3) is 0.227. The molecule has 29 heavy (non-hydrogen) atoms. The molecule has 0 bridgehead atoms. The molecule has 2 amide bonds. The van der Waals surface area contributed by atoms with Gasteiger partial charge in [0.2, 0.25) is 11.8 Å². The molecule has 148 valence electrons. The Morgan fingerprint density at radius 3 is 2.97 bits per heavy atom. The third-order valence-corrected chi connectivity index (χ3v) is 4.96. The van der Waals surface area contributed by atoms with Gasteiger partial charge in [0.15, 0.2) is 0 Å². The number of hydrogen-bond acceptors (Lipinski definition) is 5. The quantitative estimate of drug-likeness (QED) is 0.669. The van der Waals surface area contributed by atoms with Crippen molar-refractivity contribution in [3.05, 3.63) is 65.1 Å². The molecule has 0 atom stereocenters. The van der Waals surface area contributed by atoms with E-state index < -0.39 is 0 Å². The molecule has 2 N–H and O–H groups in total. The van der Waals surface area contributed by atoms with Crippen LogP contribution in [-0.4, -0.2) is 35.3 Å². The predicted octanol–water partition coefficient (Wildman–Crippen LogP) is 2.85. The Hall–Kier alpha value is -3.45. The SMILES string of the molecule is Cc1c(CN(C)C(=O)/C=C/c2cnc3c(c2)CNCC(=O)N3)oc2ccccc12. The highest BCUT2D eigenvalue weighted by Gasteiger charge is 2.15. The summed E-state index contributed by atoms with van der Waals surface area (Å²) in [5, 5.41) is 6.86. The third kappa shape index (κ3) is 4.05. The molecule has 0 saturated heterocycles. The van der Waals surface area contributed by atoms with Crippen molar-refractivity contribution in [2.24, 2.45) is 0 Å². The van der Waals surface area contributed by atoms with Crippen molar-refractivity contribution >= 4 is 34.7 Å². The summed E-state index contributed by atoms with van der Waals surface area (Å²) in [6.07, 6.45) is 4.88. The average Bonchev–Trinajstić information content (AvgIpc) is 2.90. The molecule has 0 saturated carbocycles. The maximum absolute atomic E-state index is 12.5. The van der Waals surface area contributed by atoms with Crippen molar-refractivity contribution < 1.29 is 14.0 Å². The number of carbonyl (C=O) groups excluding carboxylic acids is 2.